The average Bonchev–Trinajstić information content (AvgIpc) is 2.93. The third-order valence-electron chi connectivity index (χ3n) is 3.32. The molecule has 0 aliphatic heterocycles. The fourth-order valence-electron chi connectivity index (χ4n) is 2.31. The number of ether oxygens (including phenoxy) is 1. The highest BCUT2D eigenvalue weighted by Crippen LogP contribution is 2.26. The van der Waals surface area contributed by atoms with Gasteiger partial charge in [0.25, 0.3) is 0 Å². The summed E-state index contributed by atoms with van der Waals surface area (Å²) in [5.41, 5.74) is 3.93. The molecule has 1 aromatic heterocycles. The highest BCUT2D eigenvalue weighted by molar-refractivity contribution is 5.36. The monoisotopic (exact) mass is 274 g/mol. The van der Waals surface area contributed by atoms with Crippen LogP contribution in [0, 0.1) is 0 Å². The number of hydrazine groups is 1. The number of benzene rings is 1. The Bertz CT molecular complexity index is 538. The number of nitrogens with zero attached hydrogens (tertiary/aromatic N) is 2. The highest BCUT2D eigenvalue weighted by Gasteiger charge is 2.17. The quantitative estimate of drug-likeness (QED) is 0.599. The number of aromatic nitrogens is 2. The number of nitrogens with two attached hydrogens (primary N) is 1. The molecule has 5 heteroatoms. The molecule has 5 nitrogen and oxygen atoms in total. The zero-order valence-corrected chi connectivity index (χ0v) is 12.0. The van der Waals surface area contributed by atoms with Gasteiger partial charge in [-0.2, -0.15) is 0 Å². The van der Waals surface area contributed by atoms with Crippen molar-refractivity contribution in [3.05, 3.63) is 48.0 Å². The maximum atomic E-state index is 5.74. The molecule has 0 spiro atoms. The van der Waals surface area contributed by atoms with E-state index in [2.05, 4.69) is 21.9 Å². The largest absolute Gasteiger partial charge is 0.494 e. The van der Waals surface area contributed by atoms with Crippen molar-refractivity contribution in [1.29, 1.82) is 0 Å². The number of hydrogen-bond acceptors (Lipinski definition) is 4. The van der Waals surface area contributed by atoms with Crippen LogP contribution in [-0.2, 0) is 13.0 Å². The van der Waals surface area contributed by atoms with Crippen molar-refractivity contribution in [1.82, 2.24) is 15.0 Å². The summed E-state index contributed by atoms with van der Waals surface area (Å²) in [6.45, 7) is 5.62. The average molecular weight is 274 g/mol. The summed E-state index contributed by atoms with van der Waals surface area (Å²) < 4.78 is 7.79. The zero-order valence-electron chi connectivity index (χ0n) is 12.0. The van der Waals surface area contributed by atoms with Gasteiger partial charge in [0.2, 0.25) is 0 Å². The Morgan fingerprint density at radius 2 is 2.15 bits per heavy atom. The van der Waals surface area contributed by atoms with Gasteiger partial charge in [0, 0.05) is 30.9 Å². The van der Waals surface area contributed by atoms with Crippen molar-refractivity contribution < 1.29 is 4.74 Å². The van der Waals surface area contributed by atoms with Crippen LogP contribution in [0.1, 0.15) is 31.3 Å². The van der Waals surface area contributed by atoms with Gasteiger partial charge in [0.05, 0.1) is 12.6 Å². The summed E-state index contributed by atoms with van der Waals surface area (Å²) in [6.07, 6.45) is 4.53. The van der Waals surface area contributed by atoms with E-state index >= 15 is 0 Å². The summed E-state index contributed by atoms with van der Waals surface area (Å²) in [5.74, 6) is 7.62. The van der Waals surface area contributed by atoms with E-state index in [0.29, 0.717) is 6.61 Å². The fraction of sp³-hybridized carbons (Fsp3) is 0.400. The molecule has 0 aliphatic rings. The summed E-state index contributed by atoms with van der Waals surface area (Å²) in [5, 5.41) is 0. The van der Waals surface area contributed by atoms with Crippen LogP contribution in [0.2, 0.25) is 0 Å². The first kappa shape index (κ1) is 14.6. The first-order valence-electron chi connectivity index (χ1n) is 6.98. The molecule has 0 saturated heterocycles. The minimum Gasteiger partial charge on any atom is -0.494 e. The molecule has 2 aromatic rings. The van der Waals surface area contributed by atoms with Gasteiger partial charge >= 0.3 is 0 Å². The Balaban J connectivity index is 2.24. The number of imidazole rings is 1. The maximum absolute atomic E-state index is 5.74. The van der Waals surface area contributed by atoms with Gasteiger partial charge in [-0.15, -0.1) is 0 Å². The van der Waals surface area contributed by atoms with Gasteiger partial charge in [0.15, 0.2) is 0 Å². The van der Waals surface area contributed by atoms with E-state index in [-0.39, 0.29) is 6.04 Å². The lowest BCUT2D eigenvalue weighted by Crippen LogP contribution is -2.30. The van der Waals surface area contributed by atoms with Gasteiger partial charge in [-0.05, 0) is 19.9 Å². The van der Waals surface area contributed by atoms with E-state index in [1.165, 1.54) is 0 Å². The second-order valence-corrected chi connectivity index (χ2v) is 4.52. The predicted octanol–water partition coefficient (Wildman–Crippen LogP) is 2.05. The predicted molar refractivity (Wildman–Crippen MR) is 79.3 cm³/mol. The lowest BCUT2D eigenvalue weighted by Gasteiger charge is -2.19. The van der Waals surface area contributed by atoms with Crippen LogP contribution in [0.3, 0.4) is 0 Å². The Morgan fingerprint density at radius 1 is 1.35 bits per heavy atom. The van der Waals surface area contributed by atoms with Crippen LogP contribution in [0.15, 0.2) is 36.7 Å². The molecule has 20 heavy (non-hydrogen) atoms. The molecule has 0 amide bonds. The van der Waals surface area contributed by atoms with E-state index in [0.717, 1.165) is 30.1 Å². The topological polar surface area (TPSA) is 65.1 Å². The molecule has 0 saturated carbocycles. The lowest BCUT2D eigenvalue weighted by molar-refractivity contribution is 0.330. The third kappa shape index (κ3) is 3.18. The third-order valence-corrected chi connectivity index (χ3v) is 3.32. The zero-order chi connectivity index (χ0) is 14.4. The number of para-hydroxylation sites is 1. The molecule has 1 heterocycles. The van der Waals surface area contributed by atoms with E-state index in [4.69, 9.17) is 10.6 Å². The van der Waals surface area contributed by atoms with Gasteiger partial charge in [0.1, 0.15) is 11.6 Å². The normalized spacial score (nSPS) is 12.3. The van der Waals surface area contributed by atoms with E-state index in [1.54, 1.807) is 0 Å². The molecule has 2 rings (SSSR count). The molecule has 0 radical (unpaired) electrons. The molecular formula is C15H22N4O. The van der Waals surface area contributed by atoms with Gasteiger partial charge in [-0.3, -0.25) is 11.3 Å². The maximum Gasteiger partial charge on any atom is 0.124 e. The minimum atomic E-state index is -0.0227. The molecule has 3 N–H and O–H groups in total. The Kier molecular flexibility index (Phi) is 5.15. The molecular weight excluding hydrogens is 252 g/mol. The molecule has 108 valence electrons. The first-order chi connectivity index (χ1) is 9.80. The van der Waals surface area contributed by atoms with Gasteiger partial charge in [-0.25, -0.2) is 4.98 Å². The minimum absolute atomic E-state index is 0.0227. The standard InChI is InChI=1S/C15H22N4O/c1-3-19-10-9-17-15(19)11-13(18-16)12-7-5-6-8-14(12)20-4-2/h5-10,13,18H,3-4,11,16H2,1-2H3. The van der Waals surface area contributed by atoms with Crippen molar-refractivity contribution in [2.75, 3.05) is 6.61 Å². The smallest absolute Gasteiger partial charge is 0.124 e. The van der Waals surface area contributed by atoms with E-state index in [1.807, 2.05) is 43.6 Å². The van der Waals surface area contributed by atoms with Crippen LogP contribution in [-0.4, -0.2) is 16.2 Å². The molecule has 0 fully saturated rings. The fourth-order valence-corrected chi connectivity index (χ4v) is 2.31. The summed E-state index contributed by atoms with van der Waals surface area (Å²) in [6, 6.07) is 7.94. The summed E-state index contributed by atoms with van der Waals surface area (Å²) >= 11 is 0. The second kappa shape index (κ2) is 7.07. The van der Waals surface area contributed by atoms with Crippen LogP contribution in [0.5, 0.6) is 5.75 Å². The number of hydrogen-bond donors (Lipinski definition) is 2. The van der Waals surface area contributed by atoms with Crippen molar-refractivity contribution in [2.45, 2.75) is 32.9 Å². The number of aryl methyl sites for hydroxylation is 1. The second-order valence-electron chi connectivity index (χ2n) is 4.52. The molecule has 0 aliphatic carbocycles. The van der Waals surface area contributed by atoms with Crippen molar-refractivity contribution in [3.8, 4) is 5.75 Å². The van der Waals surface area contributed by atoms with Crippen LogP contribution in [0.25, 0.3) is 0 Å². The van der Waals surface area contributed by atoms with Gasteiger partial charge in [-0.1, -0.05) is 18.2 Å². The van der Waals surface area contributed by atoms with E-state index in [9.17, 15) is 0 Å². The van der Waals surface area contributed by atoms with Crippen molar-refractivity contribution >= 4 is 0 Å². The van der Waals surface area contributed by atoms with Crippen LogP contribution in [0.4, 0.5) is 0 Å². The van der Waals surface area contributed by atoms with Crippen LogP contribution < -0.4 is 16.0 Å². The number of rotatable bonds is 7. The van der Waals surface area contributed by atoms with Crippen LogP contribution >= 0.6 is 0 Å². The molecule has 1 unspecified atom stereocenters. The highest BCUT2D eigenvalue weighted by atomic mass is 16.5. The first-order valence-corrected chi connectivity index (χ1v) is 6.98. The Morgan fingerprint density at radius 3 is 2.85 bits per heavy atom. The SMILES string of the molecule is CCOc1ccccc1C(Cc1nccn1CC)NN. The Hall–Kier alpha value is -1.85. The Labute approximate surface area is 119 Å². The van der Waals surface area contributed by atoms with Gasteiger partial charge < -0.3 is 9.30 Å². The van der Waals surface area contributed by atoms with Crippen molar-refractivity contribution in [2.24, 2.45) is 5.84 Å². The van der Waals surface area contributed by atoms with Crippen molar-refractivity contribution in [3.63, 3.8) is 0 Å². The van der Waals surface area contributed by atoms with E-state index < -0.39 is 0 Å². The summed E-state index contributed by atoms with van der Waals surface area (Å²) in [4.78, 5) is 4.40. The molecule has 1 atom stereocenters. The number of nitrogens with one attached hydrogen (secondary N) is 1. The molecule has 0 bridgehead atoms. The lowest BCUT2D eigenvalue weighted by atomic mass is 10.0. The molecule has 1 aromatic carbocycles. The summed E-state index contributed by atoms with van der Waals surface area (Å²) in [7, 11) is 0.